The fourth-order valence-electron chi connectivity index (χ4n) is 6.53. The molecule has 1 aliphatic heterocycles. The van der Waals surface area contributed by atoms with Gasteiger partial charge in [0.15, 0.2) is 6.10 Å². The van der Waals surface area contributed by atoms with E-state index in [0.29, 0.717) is 27.8 Å². The molecule has 0 spiro atoms. The van der Waals surface area contributed by atoms with Gasteiger partial charge >= 0.3 is 5.97 Å². The number of alkyl halides is 2. The SMILES string of the molecule is CC[C@H](OC(=O)[C@@H](C)N1C(=O)[C@@H]2[C@H](C1=O)C1(Cl)c3ccccc3C2(Cl)c2ccccc21)C(=O)c1ccccc1. The number of rotatable bonds is 6. The highest BCUT2D eigenvalue weighted by atomic mass is 35.5. The first-order valence-corrected chi connectivity index (χ1v) is 13.7. The summed E-state index contributed by atoms with van der Waals surface area (Å²) in [5, 5.41) is 0. The van der Waals surface area contributed by atoms with E-state index in [1.165, 1.54) is 6.92 Å². The number of nitrogens with zero attached hydrogens (tertiary/aromatic N) is 1. The molecular weight excluding hydrogens is 537 g/mol. The van der Waals surface area contributed by atoms with E-state index in [-0.39, 0.29) is 12.2 Å². The molecule has 1 heterocycles. The van der Waals surface area contributed by atoms with Crippen LogP contribution in [0.25, 0.3) is 0 Å². The van der Waals surface area contributed by atoms with Crippen LogP contribution >= 0.6 is 23.2 Å². The van der Waals surface area contributed by atoms with Crippen molar-refractivity contribution < 1.29 is 23.9 Å². The lowest BCUT2D eigenvalue weighted by atomic mass is 9.54. The van der Waals surface area contributed by atoms with Gasteiger partial charge in [0.2, 0.25) is 17.6 Å². The number of benzene rings is 3. The van der Waals surface area contributed by atoms with Crippen LogP contribution in [0.15, 0.2) is 78.9 Å². The number of imide groups is 1. The molecule has 3 aromatic carbocycles. The summed E-state index contributed by atoms with van der Waals surface area (Å²) in [6.07, 6.45) is -0.819. The lowest BCUT2D eigenvalue weighted by Crippen LogP contribution is -2.57. The van der Waals surface area contributed by atoms with Crippen LogP contribution in [0, 0.1) is 11.8 Å². The normalized spacial score (nSPS) is 27.8. The Morgan fingerprint density at radius 1 is 0.795 bits per heavy atom. The van der Waals surface area contributed by atoms with E-state index in [9.17, 15) is 19.2 Å². The number of amides is 2. The summed E-state index contributed by atoms with van der Waals surface area (Å²) in [4.78, 5) is 52.6. The number of carbonyl (C=O) groups is 4. The number of halogens is 2. The van der Waals surface area contributed by atoms with Crippen LogP contribution in [0.5, 0.6) is 0 Å². The fraction of sp³-hybridized carbons (Fsp3) is 0.290. The van der Waals surface area contributed by atoms with E-state index in [4.69, 9.17) is 27.9 Å². The molecular formula is C31H25Cl2NO5. The highest BCUT2D eigenvalue weighted by Crippen LogP contribution is 2.69. The molecule has 7 rings (SSSR count). The third kappa shape index (κ3) is 3.34. The maximum Gasteiger partial charge on any atom is 0.329 e. The van der Waals surface area contributed by atoms with Gasteiger partial charge in [-0.3, -0.25) is 19.3 Å². The van der Waals surface area contributed by atoms with Crippen molar-refractivity contribution in [2.45, 2.75) is 42.2 Å². The summed E-state index contributed by atoms with van der Waals surface area (Å²) in [5.74, 6) is -4.40. The van der Waals surface area contributed by atoms with Gasteiger partial charge in [-0.2, -0.15) is 0 Å². The Kier molecular flexibility index (Phi) is 5.97. The third-order valence-electron chi connectivity index (χ3n) is 8.33. The zero-order chi connectivity index (χ0) is 27.7. The van der Waals surface area contributed by atoms with Crippen molar-refractivity contribution >= 4 is 46.8 Å². The number of likely N-dealkylation sites (tertiary alicyclic amines) is 1. The zero-order valence-corrected chi connectivity index (χ0v) is 22.8. The Morgan fingerprint density at radius 2 is 1.21 bits per heavy atom. The summed E-state index contributed by atoms with van der Waals surface area (Å²) >= 11 is 14.9. The van der Waals surface area contributed by atoms with E-state index in [1.54, 1.807) is 37.3 Å². The van der Waals surface area contributed by atoms with E-state index in [0.717, 1.165) is 4.90 Å². The molecule has 2 amide bonds. The molecule has 0 N–H and O–H groups in total. The molecule has 4 atom stereocenters. The van der Waals surface area contributed by atoms with E-state index >= 15 is 0 Å². The van der Waals surface area contributed by atoms with Crippen molar-refractivity contribution in [1.29, 1.82) is 0 Å². The number of carbonyl (C=O) groups excluding carboxylic acids is 4. The van der Waals surface area contributed by atoms with Crippen LogP contribution in [-0.2, 0) is 28.9 Å². The Morgan fingerprint density at radius 3 is 1.62 bits per heavy atom. The first-order chi connectivity index (χ1) is 18.7. The van der Waals surface area contributed by atoms with Gasteiger partial charge in [-0.25, -0.2) is 4.79 Å². The van der Waals surface area contributed by atoms with Gasteiger partial charge in [0.05, 0.1) is 11.8 Å². The highest BCUT2D eigenvalue weighted by molar-refractivity contribution is 6.36. The molecule has 0 aromatic heterocycles. The molecule has 6 nitrogen and oxygen atoms in total. The van der Waals surface area contributed by atoms with Crippen molar-refractivity contribution in [2.24, 2.45) is 11.8 Å². The van der Waals surface area contributed by atoms with Gasteiger partial charge in [-0.1, -0.05) is 85.8 Å². The molecule has 0 unspecified atom stereocenters. The van der Waals surface area contributed by atoms with E-state index in [2.05, 4.69) is 0 Å². The Labute approximate surface area is 235 Å². The first kappa shape index (κ1) is 25.8. The van der Waals surface area contributed by atoms with Crippen LogP contribution in [0.1, 0.15) is 52.9 Å². The van der Waals surface area contributed by atoms with Crippen LogP contribution in [-0.4, -0.2) is 40.6 Å². The van der Waals surface area contributed by atoms with Crippen molar-refractivity contribution in [3.05, 3.63) is 107 Å². The van der Waals surface area contributed by atoms with Gasteiger partial charge < -0.3 is 4.74 Å². The second-order valence-electron chi connectivity index (χ2n) is 10.3. The molecule has 4 aliphatic rings. The lowest BCUT2D eigenvalue weighted by molar-refractivity contribution is -0.160. The second kappa shape index (κ2) is 9.04. The van der Waals surface area contributed by atoms with E-state index < -0.39 is 51.5 Å². The molecule has 39 heavy (non-hydrogen) atoms. The van der Waals surface area contributed by atoms with Gasteiger partial charge in [0, 0.05) is 5.56 Å². The topological polar surface area (TPSA) is 80.8 Å². The Hall–Kier alpha value is -3.48. The molecule has 2 bridgehead atoms. The number of hydrogen-bond donors (Lipinski definition) is 0. The van der Waals surface area contributed by atoms with Crippen LogP contribution in [0.4, 0.5) is 0 Å². The van der Waals surface area contributed by atoms with Crippen molar-refractivity contribution in [1.82, 2.24) is 4.90 Å². The van der Waals surface area contributed by atoms with Gasteiger partial charge in [-0.05, 0) is 35.6 Å². The summed E-state index contributed by atoms with van der Waals surface area (Å²) < 4.78 is 5.58. The van der Waals surface area contributed by atoms with Crippen molar-refractivity contribution in [2.75, 3.05) is 0 Å². The summed E-state index contributed by atoms with van der Waals surface area (Å²) in [6.45, 7) is 3.16. The third-order valence-corrected chi connectivity index (χ3v) is 9.61. The Bertz CT molecular complexity index is 1420. The maximum atomic E-state index is 14.1. The van der Waals surface area contributed by atoms with Gasteiger partial charge in [0.25, 0.3) is 0 Å². The summed E-state index contributed by atoms with van der Waals surface area (Å²) in [6, 6.07) is 21.9. The smallest absolute Gasteiger partial charge is 0.329 e. The van der Waals surface area contributed by atoms with E-state index in [1.807, 2.05) is 48.5 Å². The maximum absolute atomic E-state index is 14.1. The number of hydrogen-bond acceptors (Lipinski definition) is 5. The first-order valence-electron chi connectivity index (χ1n) is 12.9. The lowest BCUT2D eigenvalue weighted by Gasteiger charge is -2.54. The highest BCUT2D eigenvalue weighted by Gasteiger charge is 2.73. The van der Waals surface area contributed by atoms with Gasteiger partial charge in [-0.15, -0.1) is 23.2 Å². The van der Waals surface area contributed by atoms with Crippen molar-refractivity contribution in [3.63, 3.8) is 0 Å². The Balaban J connectivity index is 1.37. The summed E-state index contributed by atoms with van der Waals surface area (Å²) in [5.41, 5.74) is 3.13. The monoisotopic (exact) mass is 561 g/mol. The zero-order valence-electron chi connectivity index (χ0n) is 21.3. The molecule has 8 heteroatoms. The standard InChI is InChI=1S/C31H25Cl2NO5/c1-3-23(26(35)18-11-5-4-6-12-18)39-29(38)17(2)34-27(36)24-25(28(34)37)31(33)20-14-8-7-13-19(20)30(24,32)21-15-9-10-16-22(21)31/h4-17,23-25H,3H2,1-2H3/t17-,23+,24-,25+,30?,31?/m1/s1. The number of esters is 1. The molecule has 198 valence electrons. The van der Waals surface area contributed by atoms with Crippen LogP contribution < -0.4 is 0 Å². The minimum Gasteiger partial charge on any atom is -0.452 e. The minimum absolute atomic E-state index is 0.236. The van der Waals surface area contributed by atoms with Crippen LogP contribution in [0.2, 0.25) is 0 Å². The molecule has 3 aliphatic carbocycles. The summed E-state index contributed by atoms with van der Waals surface area (Å²) in [7, 11) is 0. The fourth-order valence-corrected chi connectivity index (χ4v) is 7.62. The second-order valence-corrected chi connectivity index (χ2v) is 11.4. The molecule has 3 aromatic rings. The molecule has 0 saturated carbocycles. The predicted octanol–water partition coefficient (Wildman–Crippen LogP) is 5.17. The number of ketones is 1. The molecule has 0 radical (unpaired) electrons. The van der Waals surface area contributed by atoms with Crippen LogP contribution in [0.3, 0.4) is 0 Å². The number of Topliss-reactive ketones (excluding diaryl/α,β-unsaturated/α-hetero) is 1. The molecule has 1 fully saturated rings. The average Bonchev–Trinajstić information content (AvgIpc) is 3.24. The largest absolute Gasteiger partial charge is 0.452 e. The number of ether oxygens (including phenoxy) is 1. The molecule has 1 saturated heterocycles. The van der Waals surface area contributed by atoms with Crippen molar-refractivity contribution in [3.8, 4) is 0 Å². The quantitative estimate of drug-likeness (QED) is 0.179. The minimum atomic E-state index is -1.34. The average molecular weight is 562 g/mol. The predicted molar refractivity (Wildman–Crippen MR) is 145 cm³/mol. The van der Waals surface area contributed by atoms with Gasteiger partial charge in [0.1, 0.15) is 15.8 Å².